The van der Waals surface area contributed by atoms with E-state index in [1.54, 1.807) is 0 Å². The highest BCUT2D eigenvalue weighted by Gasteiger charge is 2.62. The van der Waals surface area contributed by atoms with Crippen molar-refractivity contribution in [3.8, 4) is 0 Å². The molecular weight excluding hydrogens is 228 g/mol. The molecule has 2 rings (SSSR count). The van der Waals surface area contributed by atoms with Gasteiger partial charge in [-0.1, -0.05) is 27.4 Å². The molecule has 3 N–H and O–H groups in total. The van der Waals surface area contributed by atoms with E-state index in [1.807, 2.05) is 6.92 Å². The number of hydrogen-bond donors (Lipinski definition) is 3. The Kier molecular flexibility index (Phi) is 3.37. The SMILES string of the molecule is C=C1CCC(O)C2(C)CCC(C(C)C)C(O)C12O. The standard InChI is InChI=1S/C15H26O3/c1-9(2)11-7-8-14(4)12(16)6-5-10(3)15(14,18)13(11)17/h9,11-13,16-18H,3,5-8H2,1-2,4H3. The third-order valence-corrected chi connectivity index (χ3v) is 5.55. The molecule has 0 amide bonds. The third kappa shape index (κ3) is 1.60. The summed E-state index contributed by atoms with van der Waals surface area (Å²) in [4.78, 5) is 0. The smallest absolute Gasteiger partial charge is 0.119 e. The van der Waals surface area contributed by atoms with Gasteiger partial charge in [0.2, 0.25) is 0 Å². The Balaban J connectivity index is 2.43. The Morgan fingerprint density at radius 1 is 1.28 bits per heavy atom. The Morgan fingerprint density at radius 2 is 1.89 bits per heavy atom. The fourth-order valence-electron chi connectivity index (χ4n) is 4.01. The average molecular weight is 254 g/mol. The van der Waals surface area contributed by atoms with Crippen molar-refractivity contribution >= 4 is 0 Å². The van der Waals surface area contributed by atoms with Gasteiger partial charge in [0.15, 0.2) is 0 Å². The van der Waals surface area contributed by atoms with Crippen molar-refractivity contribution < 1.29 is 15.3 Å². The van der Waals surface area contributed by atoms with E-state index in [4.69, 9.17) is 0 Å². The van der Waals surface area contributed by atoms with Gasteiger partial charge in [0.05, 0.1) is 12.2 Å². The number of fused-ring (bicyclic) bond motifs is 1. The largest absolute Gasteiger partial charge is 0.392 e. The topological polar surface area (TPSA) is 60.7 Å². The van der Waals surface area contributed by atoms with E-state index in [0.29, 0.717) is 24.3 Å². The van der Waals surface area contributed by atoms with Crippen LogP contribution in [-0.2, 0) is 0 Å². The van der Waals surface area contributed by atoms with Gasteiger partial charge in [-0.15, -0.1) is 0 Å². The second kappa shape index (κ2) is 4.32. The first-order valence-corrected chi connectivity index (χ1v) is 7.02. The molecule has 0 heterocycles. The van der Waals surface area contributed by atoms with Gasteiger partial charge in [0.25, 0.3) is 0 Å². The molecule has 104 valence electrons. The molecule has 2 aliphatic carbocycles. The monoisotopic (exact) mass is 254 g/mol. The lowest BCUT2D eigenvalue weighted by atomic mass is 9.50. The summed E-state index contributed by atoms with van der Waals surface area (Å²) in [5, 5.41) is 32.0. The van der Waals surface area contributed by atoms with E-state index in [0.717, 1.165) is 12.8 Å². The first-order chi connectivity index (χ1) is 8.25. The number of aliphatic hydroxyl groups is 3. The number of rotatable bonds is 1. The minimum Gasteiger partial charge on any atom is -0.392 e. The van der Waals surface area contributed by atoms with Crippen molar-refractivity contribution in [1.29, 1.82) is 0 Å². The summed E-state index contributed by atoms with van der Waals surface area (Å²) in [6.45, 7) is 10.0. The highest BCUT2D eigenvalue weighted by molar-refractivity contribution is 5.28. The fourth-order valence-corrected chi connectivity index (χ4v) is 4.01. The first kappa shape index (κ1) is 14.0. The van der Waals surface area contributed by atoms with Crippen molar-refractivity contribution in [2.75, 3.05) is 0 Å². The molecule has 0 saturated heterocycles. The summed E-state index contributed by atoms with van der Waals surface area (Å²) in [6, 6.07) is 0. The number of hydrogen-bond acceptors (Lipinski definition) is 3. The van der Waals surface area contributed by atoms with Gasteiger partial charge in [-0.2, -0.15) is 0 Å². The maximum absolute atomic E-state index is 11.1. The Bertz CT molecular complexity index is 352. The average Bonchev–Trinajstić information content (AvgIpc) is 2.30. The zero-order valence-electron chi connectivity index (χ0n) is 11.7. The van der Waals surface area contributed by atoms with Crippen LogP contribution in [0.25, 0.3) is 0 Å². The molecule has 0 aromatic heterocycles. The zero-order valence-corrected chi connectivity index (χ0v) is 11.7. The van der Waals surface area contributed by atoms with E-state index in [-0.39, 0.29) is 5.92 Å². The predicted octanol–water partition coefficient (Wildman–Crippen LogP) is 1.86. The molecule has 3 nitrogen and oxygen atoms in total. The molecule has 0 spiro atoms. The molecule has 2 fully saturated rings. The van der Waals surface area contributed by atoms with E-state index in [9.17, 15) is 15.3 Å². The van der Waals surface area contributed by atoms with Gasteiger partial charge in [-0.3, -0.25) is 0 Å². The van der Waals surface area contributed by atoms with Gasteiger partial charge in [-0.25, -0.2) is 0 Å². The minimum absolute atomic E-state index is 0.0742. The van der Waals surface area contributed by atoms with Crippen molar-refractivity contribution in [3.05, 3.63) is 12.2 Å². The Morgan fingerprint density at radius 3 is 2.44 bits per heavy atom. The molecule has 18 heavy (non-hydrogen) atoms. The Labute approximate surface area is 110 Å². The maximum Gasteiger partial charge on any atom is 0.119 e. The van der Waals surface area contributed by atoms with Gasteiger partial charge < -0.3 is 15.3 Å². The normalized spacial score (nSPS) is 49.3. The first-order valence-electron chi connectivity index (χ1n) is 7.02. The fraction of sp³-hybridized carbons (Fsp3) is 0.867. The van der Waals surface area contributed by atoms with Crippen LogP contribution in [0.15, 0.2) is 12.2 Å². The second-order valence-corrected chi connectivity index (χ2v) is 6.73. The van der Waals surface area contributed by atoms with Crippen LogP contribution in [-0.4, -0.2) is 33.1 Å². The summed E-state index contributed by atoms with van der Waals surface area (Å²) in [5.41, 5.74) is -1.31. The molecule has 0 aromatic rings. The van der Waals surface area contributed by atoms with Crippen molar-refractivity contribution in [2.45, 2.75) is 64.3 Å². The second-order valence-electron chi connectivity index (χ2n) is 6.73. The van der Waals surface area contributed by atoms with Crippen LogP contribution in [0.2, 0.25) is 0 Å². The van der Waals surface area contributed by atoms with E-state index in [1.165, 1.54) is 0 Å². The highest BCUT2D eigenvalue weighted by Crippen LogP contribution is 2.57. The predicted molar refractivity (Wildman–Crippen MR) is 71.0 cm³/mol. The summed E-state index contributed by atoms with van der Waals surface area (Å²) in [6.07, 6.45) is 1.44. The van der Waals surface area contributed by atoms with E-state index in [2.05, 4.69) is 20.4 Å². The van der Waals surface area contributed by atoms with Crippen LogP contribution in [0.3, 0.4) is 0 Å². The Hall–Kier alpha value is -0.380. The molecular formula is C15H26O3. The molecule has 2 saturated carbocycles. The zero-order chi connectivity index (χ0) is 13.7. The summed E-state index contributed by atoms with van der Waals surface area (Å²) in [5.74, 6) is 0.394. The van der Waals surface area contributed by atoms with Crippen molar-refractivity contribution in [3.63, 3.8) is 0 Å². The molecule has 3 heteroatoms. The summed E-state index contributed by atoms with van der Waals surface area (Å²) in [7, 11) is 0. The van der Waals surface area contributed by atoms with E-state index >= 15 is 0 Å². The molecule has 0 aliphatic heterocycles. The maximum atomic E-state index is 11.1. The van der Waals surface area contributed by atoms with Crippen LogP contribution in [0.5, 0.6) is 0 Å². The van der Waals surface area contributed by atoms with Crippen LogP contribution < -0.4 is 0 Å². The van der Waals surface area contributed by atoms with Crippen LogP contribution in [0.1, 0.15) is 46.5 Å². The van der Waals surface area contributed by atoms with Crippen molar-refractivity contribution in [2.24, 2.45) is 17.3 Å². The third-order valence-electron chi connectivity index (χ3n) is 5.55. The van der Waals surface area contributed by atoms with E-state index < -0.39 is 23.2 Å². The van der Waals surface area contributed by atoms with Gasteiger partial charge in [-0.05, 0) is 43.1 Å². The van der Waals surface area contributed by atoms with Crippen LogP contribution >= 0.6 is 0 Å². The van der Waals surface area contributed by atoms with Gasteiger partial charge in [0.1, 0.15) is 5.60 Å². The lowest BCUT2D eigenvalue weighted by Crippen LogP contribution is -2.67. The molecule has 0 radical (unpaired) electrons. The lowest BCUT2D eigenvalue weighted by molar-refractivity contribution is -0.225. The summed E-state index contributed by atoms with van der Waals surface area (Å²) < 4.78 is 0. The molecule has 2 aliphatic rings. The highest BCUT2D eigenvalue weighted by atomic mass is 16.3. The van der Waals surface area contributed by atoms with Gasteiger partial charge >= 0.3 is 0 Å². The number of aliphatic hydroxyl groups excluding tert-OH is 2. The molecule has 0 bridgehead atoms. The molecule has 0 aromatic carbocycles. The van der Waals surface area contributed by atoms with Gasteiger partial charge in [0, 0.05) is 5.41 Å². The summed E-state index contributed by atoms with van der Waals surface area (Å²) >= 11 is 0. The van der Waals surface area contributed by atoms with Crippen LogP contribution in [0, 0.1) is 17.3 Å². The quantitative estimate of drug-likeness (QED) is 0.626. The van der Waals surface area contributed by atoms with Crippen LogP contribution in [0.4, 0.5) is 0 Å². The van der Waals surface area contributed by atoms with Crippen molar-refractivity contribution in [1.82, 2.24) is 0 Å². The lowest BCUT2D eigenvalue weighted by Gasteiger charge is -2.59. The molecule has 5 unspecified atom stereocenters. The molecule has 5 atom stereocenters. The minimum atomic E-state index is -1.34.